The summed E-state index contributed by atoms with van der Waals surface area (Å²) in [6.45, 7) is 7.93. The number of aromatic nitrogens is 1. The molecule has 4 radical (unpaired) electrons. The van der Waals surface area contributed by atoms with Crippen molar-refractivity contribution in [3.63, 3.8) is 0 Å². The quantitative estimate of drug-likeness (QED) is 0.722. The van der Waals surface area contributed by atoms with Crippen LogP contribution in [0.15, 0.2) is 18.2 Å². The van der Waals surface area contributed by atoms with Gasteiger partial charge in [-0.3, -0.25) is 19.1 Å². The average molecular weight is 399 g/mol. The van der Waals surface area contributed by atoms with E-state index < -0.39 is 0 Å². The third-order valence-electron chi connectivity index (χ3n) is 6.69. The van der Waals surface area contributed by atoms with Crippen LogP contribution in [0, 0.1) is 5.92 Å². The number of carbonyl (C=O) groups is 2. The zero-order valence-corrected chi connectivity index (χ0v) is 18.2. The average Bonchev–Trinajstić information content (AvgIpc) is 3.04. The molecule has 7 heteroatoms. The van der Waals surface area contributed by atoms with Crippen LogP contribution in [-0.2, 0) is 11.2 Å². The molecule has 1 aromatic carbocycles. The van der Waals surface area contributed by atoms with Crippen molar-refractivity contribution >= 4 is 55.0 Å². The van der Waals surface area contributed by atoms with E-state index in [9.17, 15) is 9.59 Å². The summed E-state index contributed by atoms with van der Waals surface area (Å²) in [4.78, 5) is 29.9. The molecule has 0 N–H and O–H groups in total. The molecule has 2 heterocycles. The molecule has 1 amide bonds. The normalized spacial score (nSPS) is 20.7. The predicted octanol–water partition coefficient (Wildman–Crippen LogP) is 1.02. The van der Waals surface area contributed by atoms with E-state index in [1.807, 2.05) is 37.8 Å². The summed E-state index contributed by atoms with van der Waals surface area (Å²) in [5.74, 6) is -0.0880. The van der Waals surface area contributed by atoms with Gasteiger partial charge >= 0.3 is 0 Å². The van der Waals surface area contributed by atoms with Gasteiger partial charge in [-0.2, -0.15) is 0 Å². The number of nitrogens with zero attached hydrogens (tertiary/aromatic N) is 3. The van der Waals surface area contributed by atoms with E-state index in [0.717, 1.165) is 22.1 Å². The molecule has 2 atom stereocenters. The molecule has 1 aromatic heterocycles. The maximum absolute atomic E-state index is 13.1. The van der Waals surface area contributed by atoms with Crippen molar-refractivity contribution in [1.82, 2.24) is 14.4 Å². The molecule has 2 unspecified atom stereocenters. The SMILES string of the molecule is [B]c1ccc2c3c(c([B])n(C(=O)CC)c13)CC1C2=CC(C(=O)N(CC)CC)CN1C. The van der Waals surface area contributed by atoms with Gasteiger partial charge in [-0.1, -0.05) is 30.6 Å². The molecule has 152 valence electrons. The van der Waals surface area contributed by atoms with Crippen LogP contribution in [0.2, 0.25) is 0 Å². The smallest absolute Gasteiger partial charge is 0.230 e. The van der Waals surface area contributed by atoms with Crippen molar-refractivity contribution in [3.8, 4) is 0 Å². The highest BCUT2D eigenvalue weighted by Crippen LogP contribution is 2.40. The fourth-order valence-electron chi connectivity index (χ4n) is 5.10. The monoisotopic (exact) mass is 399 g/mol. The number of hydrogen-bond donors (Lipinski definition) is 0. The first-order chi connectivity index (χ1) is 14.3. The molecule has 0 fully saturated rings. The van der Waals surface area contributed by atoms with E-state index >= 15 is 0 Å². The van der Waals surface area contributed by atoms with Crippen LogP contribution in [0.1, 0.15) is 43.1 Å². The lowest BCUT2D eigenvalue weighted by molar-refractivity contribution is -0.134. The summed E-state index contributed by atoms with van der Waals surface area (Å²) in [5.41, 5.74) is 4.89. The van der Waals surface area contributed by atoms with E-state index in [2.05, 4.69) is 18.0 Å². The number of hydrogen-bond acceptors (Lipinski definition) is 3. The second kappa shape index (κ2) is 7.77. The summed E-state index contributed by atoms with van der Waals surface area (Å²) in [7, 11) is 14.8. The Morgan fingerprint density at radius 3 is 2.50 bits per heavy atom. The third kappa shape index (κ3) is 2.97. The summed E-state index contributed by atoms with van der Waals surface area (Å²) >= 11 is 0. The fraction of sp³-hybridized carbons (Fsp3) is 0.478. The molecule has 1 aliphatic carbocycles. The van der Waals surface area contributed by atoms with Gasteiger partial charge < -0.3 is 4.90 Å². The van der Waals surface area contributed by atoms with Crippen molar-refractivity contribution in [3.05, 3.63) is 29.3 Å². The number of benzene rings is 1. The lowest BCUT2D eigenvalue weighted by Gasteiger charge is -2.40. The molecule has 2 aliphatic rings. The molecule has 0 spiro atoms. The van der Waals surface area contributed by atoms with Crippen LogP contribution in [0.25, 0.3) is 16.5 Å². The number of carbonyl (C=O) groups excluding carboxylic acids is 2. The van der Waals surface area contributed by atoms with Gasteiger partial charge in [0.1, 0.15) is 15.7 Å². The largest absolute Gasteiger partial charge is 0.343 e. The highest BCUT2D eigenvalue weighted by atomic mass is 16.2. The molecule has 0 saturated heterocycles. The Kier molecular flexibility index (Phi) is 5.43. The molecular weight excluding hydrogens is 372 g/mol. The first kappa shape index (κ1) is 21.0. The van der Waals surface area contributed by atoms with E-state index in [1.54, 1.807) is 4.57 Å². The van der Waals surface area contributed by atoms with Crippen LogP contribution in [0.3, 0.4) is 0 Å². The highest BCUT2D eigenvalue weighted by molar-refractivity contribution is 6.43. The molecular formula is C23H27B2N3O2. The van der Waals surface area contributed by atoms with Gasteiger partial charge in [-0.15, -0.1) is 0 Å². The molecule has 4 rings (SSSR count). The zero-order valence-electron chi connectivity index (χ0n) is 18.2. The Morgan fingerprint density at radius 1 is 1.17 bits per heavy atom. The maximum Gasteiger partial charge on any atom is 0.230 e. The molecule has 0 saturated carbocycles. The molecule has 0 bridgehead atoms. The topological polar surface area (TPSA) is 45.6 Å². The number of likely N-dealkylation sites (N-methyl/N-ethyl adjacent to an activating group) is 1. The van der Waals surface area contributed by atoms with Crippen LogP contribution < -0.4 is 11.1 Å². The lowest BCUT2D eigenvalue weighted by Crippen LogP contribution is -2.48. The second-order valence-corrected chi connectivity index (χ2v) is 8.27. The zero-order chi connectivity index (χ0) is 21.7. The third-order valence-corrected chi connectivity index (χ3v) is 6.69. The Morgan fingerprint density at radius 2 is 1.87 bits per heavy atom. The maximum atomic E-state index is 13.1. The van der Waals surface area contributed by atoms with Crippen molar-refractivity contribution in [2.75, 3.05) is 26.7 Å². The van der Waals surface area contributed by atoms with Gasteiger partial charge in [-0.25, -0.2) is 0 Å². The summed E-state index contributed by atoms with van der Waals surface area (Å²) < 4.78 is 1.58. The van der Waals surface area contributed by atoms with Crippen molar-refractivity contribution < 1.29 is 9.59 Å². The van der Waals surface area contributed by atoms with E-state index in [4.69, 9.17) is 15.7 Å². The second-order valence-electron chi connectivity index (χ2n) is 8.27. The van der Waals surface area contributed by atoms with E-state index in [-0.39, 0.29) is 23.8 Å². The molecule has 2 aromatic rings. The first-order valence-corrected chi connectivity index (χ1v) is 10.8. The van der Waals surface area contributed by atoms with Gasteiger partial charge in [0.05, 0.1) is 5.92 Å². The number of amides is 1. The van der Waals surface area contributed by atoms with E-state index in [1.165, 1.54) is 0 Å². The minimum absolute atomic E-state index is 0.0607. The Bertz CT molecular complexity index is 1070. The van der Waals surface area contributed by atoms with Crippen molar-refractivity contribution in [1.29, 1.82) is 0 Å². The van der Waals surface area contributed by atoms with Gasteiger partial charge in [0.2, 0.25) is 11.8 Å². The van der Waals surface area contributed by atoms with E-state index in [0.29, 0.717) is 49.0 Å². The summed E-state index contributed by atoms with van der Waals surface area (Å²) in [6, 6.07) is 3.98. The van der Waals surface area contributed by atoms with Crippen molar-refractivity contribution in [2.45, 2.75) is 39.7 Å². The highest BCUT2D eigenvalue weighted by Gasteiger charge is 2.38. The van der Waals surface area contributed by atoms with Gasteiger partial charge in [0, 0.05) is 43.0 Å². The number of rotatable bonds is 4. The summed E-state index contributed by atoms with van der Waals surface area (Å²) in [5, 5.41) is 0.959. The van der Waals surface area contributed by atoms with Crippen LogP contribution >= 0.6 is 0 Å². The first-order valence-electron chi connectivity index (χ1n) is 10.8. The number of fused-ring (bicyclic) bond motifs is 2. The van der Waals surface area contributed by atoms with Gasteiger partial charge in [0.25, 0.3) is 0 Å². The van der Waals surface area contributed by atoms with Crippen LogP contribution in [-0.4, -0.2) is 74.6 Å². The van der Waals surface area contributed by atoms with Crippen LogP contribution in [0.5, 0.6) is 0 Å². The van der Waals surface area contributed by atoms with Crippen LogP contribution in [0.4, 0.5) is 0 Å². The lowest BCUT2D eigenvalue weighted by atomic mass is 9.76. The fourth-order valence-corrected chi connectivity index (χ4v) is 5.10. The van der Waals surface area contributed by atoms with Crippen molar-refractivity contribution in [2.24, 2.45) is 5.92 Å². The predicted molar refractivity (Wildman–Crippen MR) is 123 cm³/mol. The molecule has 1 aliphatic heterocycles. The van der Waals surface area contributed by atoms with Gasteiger partial charge in [-0.05, 0) is 49.6 Å². The minimum atomic E-state index is -0.188. The minimum Gasteiger partial charge on any atom is -0.343 e. The van der Waals surface area contributed by atoms with Gasteiger partial charge in [0.15, 0.2) is 0 Å². The molecule has 30 heavy (non-hydrogen) atoms. The summed E-state index contributed by atoms with van der Waals surface area (Å²) in [6.07, 6.45) is 3.19. The standard InChI is InChI=1S/C23H27B2N3O2/c1-5-19(29)28-21-17(24)9-8-14-15-10-13(23(30)27(6-2)7-3)12-26(4)18(15)11-16(20(14)21)22(28)25/h8-10,13,18H,5-7,11-12H2,1-4H3. The molecule has 5 nitrogen and oxygen atoms in total. The Balaban J connectivity index is 1.92. The Hall–Kier alpha value is -2.27. The Labute approximate surface area is 180 Å².